The Hall–Kier alpha value is -2.33. The highest BCUT2D eigenvalue weighted by Gasteiger charge is 2.23. The summed E-state index contributed by atoms with van der Waals surface area (Å²) in [4.78, 5) is 12.4. The molecule has 0 aliphatic rings. The fraction of sp³-hybridized carbons (Fsp3) is 0.222. The van der Waals surface area contributed by atoms with Crippen LogP contribution in [0.2, 0.25) is 5.02 Å². The van der Waals surface area contributed by atoms with Crippen LogP contribution < -0.4 is 5.32 Å². The van der Waals surface area contributed by atoms with Gasteiger partial charge in [-0.25, -0.2) is 0 Å². The molecule has 0 bridgehead atoms. The number of carbonyl (C=O) groups is 1. The van der Waals surface area contributed by atoms with Gasteiger partial charge in [0.15, 0.2) is 5.58 Å². The Morgan fingerprint density at radius 3 is 2.61 bits per heavy atom. The quantitative estimate of drug-likeness (QED) is 0.785. The monoisotopic (exact) mass is 328 g/mol. The minimum atomic E-state index is -0.499. The van der Waals surface area contributed by atoms with Crippen LogP contribution in [0.3, 0.4) is 0 Å². The van der Waals surface area contributed by atoms with Gasteiger partial charge in [0.25, 0.3) is 0 Å². The Kier molecular flexibility index (Phi) is 4.09. The molecule has 1 amide bonds. The number of aromatic nitrogens is 1. The van der Waals surface area contributed by atoms with Gasteiger partial charge < -0.3 is 9.84 Å². The van der Waals surface area contributed by atoms with Crippen molar-refractivity contribution >= 4 is 28.5 Å². The minimum absolute atomic E-state index is 0.107. The lowest BCUT2D eigenvalue weighted by Gasteiger charge is -2.27. The van der Waals surface area contributed by atoms with Crippen molar-refractivity contribution in [2.75, 3.05) is 0 Å². The summed E-state index contributed by atoms with van der Waals surface area (Å²) in [5.41, 5.74) is 1.82. The van der Waals surface area contributed by atoms with Crippen molar-refractivity contribution in [2.24, 2.45) is 0 Å². The number of amides is 1. The first kappa shape index (κ1) is 15.6. The van der Waals surface area contributed by atoms with Gasteiger partial charge in [0.05, 0.1) is 12.0 Å². The van der Waals surface area contributed by atoms with Crippen molar-refractivity contribution in [1.29, 1.82) is 0 Å². The van der Waals surface area contributed by atoms with E-state index in [9.17, 15) is 4.79 Å². The zero-order valence-corrected chi connectivity index (χ0v) is 13.7. The first-order chi connectivity index (χ1) is 11.0. The van der Waals surface area contributed by atoms with Crippen LogP contribution in [-0.4, -0.2) is 11.1 Å². The molecule has 0 unspecified atom stereocenters. The van der Waals surface area contributed by atoms with Gasteiger partial charge in [-0.3, -0.25) is 4.79 Å². The van der Waals surface area contributed by atoms with Gasteiger partial charge in [-0.2, -0.15) is 0 Å². The molecule has 2 aromatic carbocycles. The standard InChI is InChI=1S/C18H17ClN2O2/c1-18(2,12-7-9-13(19)10-8-12)20-17(22)11-15-14-5-3-4-6-16(14)23-21-15/h3-10H,11H2,1-2H3,(H,20,22). The summed E-state index contributed by atoms with van der Waals surface area (Å²) in [6.07, 6.45) is 0.175. The van der Waals surface area contributed by atoms with Gasteiger partial charge >= 0.3 is 0 Å². The van der Waals surface area contributed by atoms with Gasteiger partial charge in [0.1, 0.15) is 5.69 Å². The Bertz CT molecular complexity index is 838. The predicted molar refractivity (Wildman–Crippen MR) is 90.3 cm³/mol. The maximum absolute atomic E-state index is 12.4. The number of hydrogen-bond donors (Lipinski definition) is 1. The number of rotatable bonds is 4. The van der Waals surface area contributed by atoms with Crippen LogP contribution in [0.15, 0.2) is 53.1 Å². The van der Waals surface area contributed by atoms with Crippen molar-refractivity contribution in [1.82, 2.24) is 10.5 Å². The van der Waals surface area contributed by atoms with Crippen molar-refractivity contribution < 1.29 is 9.32 Å². The normalized spacial score (nSPS) is 11.6. The summed E-state index contributed by atoms with van der Waals surface area (Å²) in [5, 5.41) is 8.57. The van der Waals surface area contributed by atoms with Crippen LogP contribution in [0.4, 0.5) is 0 Å². The van der Waals surface area contributed by atoms with E-state index >= 15 is 0 Å². The van der Waals surface area contributed by atoms with E-state index in [0.29, 0.717) is 16.3 Å². The molecule has 5 heteroatoms. The maximum atomic E-state index is 12.4. The maximum Gasteiger partial charge on any atom is 0.226 e. The molecule has 0 saturated carbocycles. The smallest absolute Gasteiger partial charge is 0.226 e. The summed E-state index contributed by atoms with van der Waals surface area (Å²) in [5.74, 6) is -0.107. The molecular weight excluding hydrogens is 312 g/mol. The van der Waals surface area contributed by atoms with Crippen LogP contribution in [-0.2, 0) is 16.8 Å². The number of carbonyl (C=O) groups excluding carboxylic acids is 1. The highest BCUT2D eigenvalue weighted by atomic mass is 35.5. The largest absolute Gasteiger partial charge is 0.356 e. The third kappa shape index (κ3) is 3.37. The molecule has 0 radical (unpaired) electrons. The lowest BCUT2D eigenvalue weighted by atomic mass is 9.94. The Labute approximate surface area is 139 Å². The second kappa shape index (κ2) is 6.05. The lowest BCUT2D eigenvalue weighted by Crippen LogP contribution is -2.41. The molecule has 0 spiro atoms. The van der Waals surface area contributed by atoms with Gasteiger partial charge in [-0.1, -0.05) is 41.0 Å². The fourth-order valence-corrected chi connectivity index (χ4v) is 2.68. The van der Waals surface area contributed by atoms with E-state index in [1.165, 1.54) is 0 Å². The second-order valence-electron chi connectivity index (χ2n) is 5.98. The number of fused-ring (bicyclic) bond motifs is 1. The van der Waals surface area contributed by atoms with Crippen LogP contribution in [0, 0.1) is 0 Å². The first-order valence-electron chi connectivity index (χ1n) is 7.36. The van der Waals surface area contributed by atoms with Gasteiger partial charge in [0, 0.05) is 10.4 Å². The van der Waals surface area contributed by atoms with E-state index in [-0.39, 0.29) is 12.3 Å². The molecule has 0 aliphatic carbocycles. The average Bonchev–Trinajstić information content (AvgIpc) is 2.90. The molecule has 1 N–H and O–H groups in total. The van der Waals surface area contributed by atoms with Gasteiger partial charge in [-0.05, 0) is 43.7 Å². The molecule has 1 heterocycles. The van der Waals surface area contributed by atoms with Crippen LogP contribution in [0.1, 0.15) is 25.1 Å². The molecular formula is C18H17ClN2O2. The molecule has 3 aromatic rings. The van der Waals surface area contributed by atoms with E-state index in [4.69, 9.17) is 16.1 Å². The summed E-state index contributed by atoms with van der Waals surface area (Å²) < 4.78 is 5.23. The Morgan fingerprint density at radius 1 is 1.17 bits per heavy atom. The molecule has 0 atom stereocenters. The van der Waals surface area contributed by atoms with Crippen LogP contribution in [0.5, 0.6) is 0 Å². The van der Waals surface area contributed by atoms with E-state index in [0.717, 1.165) is 10.9 Å². The highest BCUT2D eigenvalue weighted by molar-refractivity contribution is 6.30. The summed E-state index contributed by atoms with van der Waals surface area (Å²) >= 11 is 5.91. The molecule has 23 heavy (non-hydrogen) atoms. The van der Waals surface area contributed by atoms with E-state index < -0.39 is 5.54 Å². The fourth-order valence-electron chi connectivity index (χ4n) is 2.55. The summed E-state index contributed by atoms with van der Waals surface area (Å²) in [7, 11) is 0. The zero-order chi connectivity index (χ0) is 16.4. The SMILES string of the molecule is CC(C)(NC(=O)Cc1noc2ccccc12)c1ccc(Cl)cc1. The molecule has 0 aliphatic heterocycles. The predicted octanol–water partition coefficient (Wildman–Crippen LogP) is 4.08. The Morgan fingerprint density at radius 2 is 1.87 bits per heavy atom. The second-order valence-corrected chi connectivity index (χ2v) is 6.42. The highest BCUT2D eigenvalue weighted by Crippen LogP contribution is 2.23. The van der Waals surface area contributed by atoms with Crippen molar-refractivity contribution in [2.45, 2.75) is 25.8 Å². The molecule has 4 nitrogen and oxygen atoms in total. The summed E-state index contributed by atoms with van der Waals surface area (Å²) in [6, 6.07) is 15.0. The van der Waals surface area contributed by atoms with Crippen LogP contribution in [0.25, 0.3) is 11.0 Å². The number of benzene rings is 2. The molecule has 0 saturated heterocycles. The molecule has 118 valence electrons. The number of para-hydroxylation sites is 1. The third-order valence-electron chi connectivity index (χ3n) is 3.80. The number of hydrogen-bond acceptors (Lipinski definition) is 3. The van der Waals surface area contributed by atoms with Gasteiger partial charge in [-0.15, -0.1) is 0 Å². The topological polar surface area (TPSA) is 55.1 Å². The van der Waals surface area contributed by atoms with E-state index in [1.807, 2.05) is 62.4 Å². The molecule has 0 fully saturated rings. The average molecular weight is 329 g/mol. The third-order valence-corrected chi connectivity index (χ3v) is 4.05. The summed E-state index contributed by atoms with van der Waals surface area (Å²) in [6.45, 7) is 3.91. The first-order valence-corrected chi connectivity index (χ1v) is 7.74. The zero-order valence-electron chi connectivity index (χ0n) is 13.0. The van der Waals surface area contributed by atoms with Crippen molar-refractivity contribution in [3.05, 3.63) is 64.8 Å². The number of nitrogens with one attached hydrogen (secondary N) is 1. The van der Waals surface area contributed by atoms with Crippen molar-refractivity contribution in [3.63, 3.8) is 0 Å². The minimum Gasteiger partial charge on any atom is -0.356 e. The lowest BCUT2D eigenvalue weighted by molar-refractivity contribution is -0.122. The molecule has 1 aromatic heterocycles. The van der Waals surface area contributed by atoms with Gasteiger partial charge in [0.2, 0.25) is 5.91 Å². The molecule has 3 rings (SSSR count). The number of nitrogens with zero attached hydrogens (tertiary/aromatic N) is 1. The van der Waals surface area contributed by atoms with Crippen LogP contribution >= 0.6 is 11.6 Å². The Balaban J connectivity index is 1.74. The number of halogens is 1. The van der Waals surface area contributed by atoms with Crippen molar-refractivity contribution in [3.8, 4) is 0 Å². The van der Waals surface area contributed by atoms with E-state index in [1.54, 1.807) is 0 Å². The van der Waals surface area contributed by atoms with E-state index in [2.05, 4.69) is 10.5 Å².